The molecule has 4 rings (SSSR count). The molecule has 3 amide bonds. The van der Waals surface area contributed by atoms with E-state index < -0.39 is 0 Å². The summed E-state index contributed by atoms with van der Waals surface area (Å²) in [5.74, 6) is 1.48. The number of ether oxygens (including phenoxy) is 2. The number of urea groups is 1. The van der Waals surface area contributed by atoms with E-state index in [2.05, 4.69) is 21.8 Å². The van der Waals surface area contributed by atoms with E-state index in [1.54, 1.807) is 11.9 Å². The minimum Gasteiger partial charge on any atom is -0.493 e. The third-order valence-corrected chi connectivity index (χ3v) is 6.18. The molecule has 1 unspecified atom stereocenters. The highest BCUT2D eigenvalue weighted by molar-refractivity contribution is 7.97. The van der Waals surface area contributed by atoms with Crippen LogP contribution in [0.15, 0.2) is 29.2 Å². The minimum atomic E-state index is -0.295. The molecule has 1 aromatic rings. The lowest BCUT2D eigenvalue weighted by Crippen LogP contribution is -2.30. The zero-order valence-corrected chi connectivity index (χ0v) is 16.8. The predicted molar refractivity (Wildman–Crippen MR) is 106 cm³/mol. The molecule has 0 bridgehead atoms. The Kier molecular flexibility index (Phi) is 6.39. The van der Waals surface area contributed by atoms with Gasteiger partial charge in [0.1, 0.15) is 12.3 Å². The largest absolute Gasteiger partial charge is 0.493 e. The fourth-order valence-electron chi connectivity index (χ4n) is 3.35. The van der Waals surface area contributed by atoms with Crippen molar-refractivity contribution in [2.75, 3.05) is 39.4 Å². The Morgan fingerprint density at radius 1 is 1.21 bits per heavy atom. The summed E-state index contributed by atoms with van der Waals surface area (Å²) >= 11 is 1.75. The second-order valence-electron chi connectivity index (χ2n) is 7.62. The topological polar surface area (TPSA) is 71.1 Å². The summed E-state index contributed by atoms with van der Waals surface area (Å²) in [5.41, 5.74) is 0. The summed E-state index contributed by atoms with van der Waals surface area (Å²) < 4.78 is 14.2. The minimum absolute atomic E-state index is 0.163. The van der Waals surface area contributed by atoms with Gasteiger partial charge in [-0.1, -0.05) is 6.07 Å². The fourth-order valence-corrected chi connectivity index (χ4v) is 4.40. The highest BCUT2D eigenvalue weighted by Crippen LogP contribution is 2.32. The van der Waals surface area contributed by atoms with Gasteiger partial charge in [0.15, 0.2) is 0 Å². The van der Waals surface area contributed by atoms with Gasteiger partial charge in [-0.15, -0.1) is 0 Å². The Bertz CT molecular complexity index is 712. The van der Waals surface area contributed by atoms with E-state index in [1.807, 2.05) is 12.1 Å². The van der Waals surface area contributed by atoms with Gasteiger partial charge in [-0.3, -0.25) is 10.1 Å². The normalized spacial score (nSPS) is 22.7. The van der Waals surface area contributed by atoms with E-state index in [1.165, 1.54) is 22.6 Å². The van der Waals surface area contributed by atoms with Crippen LogP contribution in [-0.4, -0.2) is 66.6 Å². The molecular formula is C20H27N3O4S. The molecule has 2 heterocycles. The monoisotopic (exact) mass is 405 g/mol. The molecule has 3 fully saturated rings. The quantitative estimate of drug-likeness (QED) is 0.366. The van der Waals surface area contributed by atoms with Crippen molar-refractivity contribution in [2.24, 2.45) is 5.92 Å². The lowest BCUT2D eigenvalue weighted by Gasteiger charge is -2.17. The van der Waals surface area contributed by atoms with Gasteiger partial charge in [0.2, 0.25) is 5.91 Å². The zero-order valence-electron chi connectivity index (χ0n) is 16.0. The van der Waals surface area contributed by atoms with Gasteiger partial charge in [-0.25, -0.2) is 9.10 Å². The number of carbonyl (C=O) groups excluding carboxylic acids is 2. The molecule has 0 spiro atoms. The van der Waals surface area contributed by atoms with Crippen molar-refractivity contribution in [3.8, 4) is 5.75 Å². The van der Waals surface area contributed by atoms with Crippen LogP contribution in [-0.2, 0) is 9.53 Å². The van der Waals surface area contributed by atoms with Gasteiger partial charge in [0.25, 0.3) is 0 Å². The van der Waals surface area contributed by atoms with Gasteiger partial charge < -0.3 is 14.4 Å². The summed E-state index contributed by atoms with van der Waals surface area (Å²) in [6.45, 7) is 4.03. The van der Waals surface area contributed by atoms with Crippen LogP contribution < -0.4 is 10.1 Å². The van der Waals surface area contributed by atoms with Crippen LogP contribution in [0.3, 0.4) is 0 Å². The summed E-state index contributed by atoms with van der Waals surface area (Å²) in [5, 5.41) is 2.29. The van der Waals surface area contributed by atoms with Crippen molar-refractivity contribution in [1.29, 1.82) is 0 Å². The molecule has 0 aromatic heterocycles. The molecule has 28 heavy (non-hydrogen) atoms. The standard InChI is InChI=1S/C20H27N3O4S/c24-19-13-22(20(25)21-19)8-2-10-26-17-7-9-23(12-17)28-18-4-1-3-16(11-18)27-14-15-5-6-15/h1,3-4,11,15,17H,2,5-10,12-14H2,(H,21,24,25). The van der Waals surface area contributed by atoms with Crippen LogP contribution in [0.5, 0.6) is 5.75 Å². The van der Waals surface area contributed by atoms with Gasteiger partial charge in [0.05, 0.1) is 12.7 Å². The lowest BCUT2D eigenvalue weighted by molar-refractivity contribution is -0.118. The Morgan fingerprint density at radius 2 is 2.11 bits per heavy atom. The van der Waals surface area contributed by atoms with Crippen molar-refractivity contribution in [3.63, 3.8) is 0 Å². The summed E-state index contributed by atoms with van der Waals surface area (Å²) in [6.07, 6.45) is 4.56. The van der Waals surface area contributed by atoms with E-state index in [4.69, 9.17) is 9.47 Å². The molecule has 1 saturated carbocycles. The lowest BCUT2D eigenvalue weighted by atomic mass is 10.3. The number of nitrogens with one attached hydrogen (secondary N) is 1. The third-order valence-electron chi connectivity index (χ3n) is 5.12. The summed E-state index contributed by atoms with van der Waals surface area (Å²) in [7, 11) is 0. The first kappa shape index (κ1) is 19.5. The summed E-state index contributed by atoms with van der Waals surface area (Å²) in [6, 6.07) is 8.01. The third kappa shape index (κ3) is 5.62. The van der Waals surface area contributed by atoms with Crippen molar-refractivity contribution in [3.05, 3.63) is 24.3 Å². The molecule has 3 aliphatic rings. The SMILES string of the molecule is O=C1CN(CCCOC2CCN(Sc3cccc(OCC4CC4)c3)C2)C(=O)N1. The van der Waals surface area contributed by atoms with E-state index in [0.29, 0.717) is 13.2 Å². The number of carbonyl (C=O) groups is 2. The first-order chi connectivity index (χ1) is 13.7. The van der Waals surface area contributed by atoms with Gasteiger partial charge in [-0.2, -0.15) is 0 Å². The van der Waals surface area contributed by atoms with E-state index >= 15 is 0 Å². The Hall–Kier alpha value is -1.77. The van der Waals surface area contributed by atoms with Crippen molar-refractivity contribution in [1.82, 2.24) is 14.5 Å². The highest BCUT2D eigenvalue weighted by Gasteiger charge is 2.27. The molecule has 1 aliphatic carbocycles. The second-order valence-corrected chi connectivity index (χ2v) is 8.79. The van der Waals surface area contributed by atoms with Crippen LogP contribution in [0.1, 0.15) is 25.7 Å². The number of rotatable bonds is 10. The molecule has 1 atom stereocenters. The van der Waals surface area contributed by atoms with Gasteiger partial charge in [0, 0.05) is 31.1 Å². The van der Waals surface area contributed by atoms with Crippen molar-refractivity contribution < 1.29 is 19.1 Å². The van der Waals surface area contributed by atoms with Crippen molar-refractivity contribution in [2.45, 2.75) is 36.7 Å². The van der Waals surface area contributed by atoms with Crippen LogP contribution in [0.4, 0.5) is 4.79 Å². The molecule has 8 heteroatoms. The molecule has 7 nitrogen and oxygen atoms in total. The zero-order chi connectivity index (χ0) is 19.3. The van der Waals surface area contributed by atoms with E-state index in [9.17, 15) is 9.59 Å². The number of hydrogen-bond acceptors (Lipinski definition) is 6. The Labute approximate surface area is 169 Å². The molecule has 1 N–H and O–H groups in total. The number of imide groups is 1. The Morgan fingerprint density at radius 3 is 2.89 bits per heavy atom. The highest BCUT2D eigenvalue weighted by atomic mass is 32.2. The number of benzene rings is 1. The van der Waals surface area contributed by atoms with Crippen molar-refractivity contribution >= 4 is 23.9 Å². The molecular weight excluding hydrogens is 378 g/mol. The maximum absolute atomic E-state index is 11.5. The van der Waals surface area contributed by atoms with E-state index in [-0.39, 0.29) is 24.6 Å². The average Bonchev–Trinajstić information content (AvgIpc) is 3.32. The van der Waals surface area contributed by atoms with E-state index in [0.717, 1.165) is 44.2 Å². The van der Waals surface area contributed by atoms with Crippen LogP contribution in [0, 0.1) is 5.92 Å². The molecule has 2 saturated heterocycles. The molecule has 152 valence electrons. The first-order valence-electron chi connectivity index (χ1n) is 10.0. The number of hydrogen-bond donors (Lipinski definition) is 1. The Balaban J connectivity index is 1.14. The number of amides is 3. The fraction of sp³-hybridized carbons (Fsp3) is 0.600. The smallest absolute Gasteiger partial charge is 0.324 e. The molecule has 0 radical (unpaired) electrons. The average molecular weight is 406 g/mol. The van der Waals surface area contributed by atoms with Gasteiger partial charge in [-0.05, 0) is 61.7 Å². The molecule has 2 aliphatic heterocycles. The maximum Gasteiger partial charge on any atom is 0.324 e. The first-order valence-corrected chi connectivity index (χ1v) is 10.8. The van der Waals surface area contributed by atoms with Crippen LogP contribution >= 0.6 is 11.9 Å². The molecule has 1 aromatic carbocycles. The summed E-state index contributed by atoms with van der Waals surface area (Å²) in [4.78, 5) is 25.4. The van der Waals surface area contributed by atoms with Crippen LogP contribution in [0.25, 0.3) is 0 Å². The maximum atomic E-state index is 11.5. The number of nitrogens with zero attached hydrogens (tertiary/aromatic N) is 2. The predicted octanol–water partition coefficient (Wildman–Crippen LogP) is 2.52. The second kappa shape index (κ2) is 9.15. The van der Waals surface area contributed by atoms with Crippen LogP contribution in [0.2, 0.25) is 0 Å². The van der Waals surface area contributed by atoms with Gasteiger partial charge >= 0.3 is 6.03 Å².